The van der Waals surface area contributed by atoms with Crippen molar-refractivity contribution < 1.29 is 4.79 Å². The zero-order valence-electron chi connectivity index (χ0n) is 9.04. The van der Waals surface area contributed by atoms with Crippen molar-refractivity contribution in [1.82, 2.24) is 9.80 Å². The molecular formula is C11H20N2O. The number of piperidine rings is 1. The molecule has 2 heterocycles. The van der Waals surface area contributed by atoms with Gasteiger partial charge >= 0.3 is 0 Å². The number of hydrogen-bond acceptors (Lipinski definition) is 2. The van der Waals surface area contributed by atoms with Crippen molar-refractivity contribution in [2.75, 3.05) is 26.2 Å². The van der Waals surface area contributed by atoms with Crippen LogP contribution in [0.5, 0.6) is 0 Å². The van der Waals surface area contributed by atoms with Crippen LogP contribution in [0, 0.1) is 0 Å². The van der Waals surface area contributed by atoms with Gasteiger partial charge in [-0.15, -0.1) is 0 Å². The van der Waals surface area contributed by atoms with E-state index in [0.717, 1.165) is 32.5 Å². The summed E-state index contributed by atoms with van der Waals surface area (Å²) in [5.74, 6) is 0.382. The molecule has 0 aromatic heterocycles. The lowest BCUT2D eigenvalue weighted by Gasteiger charge is -2.37. The van der Waals surface area contributed by atoms with Crippen molar-refractivity contribution in [3.05, 3.63) is 0 Å². The van der Waals surface area contributed by atoms with Gasteiger partial charge in [0.25, 0.3) is 0 Å². The number of likely N-dealkylation sites (N-methyl/N-ethyl adjacent to an activating group) is 1. The van der Waals surface area contributed by atoms with E-state index in [-0.39, 0.29) is 0 Å². The van der Waals surface area contributed by atoms with E-state index in [4.69, 9.17) is 0 Å². The maximum absolute atomic E-state index is 11.6. The molecule has 1 atom stereocenters. The van der Waals surface area contributed by atoms with Crippen LogP contribution in [-0.2, 0) is 4.79 Å². The van der Waals surface area contributed by atoms with Gasteiger partial charge < -0.3 is 9.80 Å². The van der Waals surface area contributed by atoms with Crippen molar-refractivity contribution in [2.45, 2.75) is 38.6 Å². The molecule has 0 aromatic carbocycles. The van der Waals surface area contributed by atoms with Crippen molar-refractivity contribution in [1.29, 1.82) is 0 Å². The zero-order chi connectivity index (χ0) is 9.97. The van der Waals surface area contributed by atoms with E-state index < -0.39 is 0 Å². The Kier molecular flexibility index (Phi) is 3.06. The molecule has 1 amide bonds. The van der Waals surface area contributed by atoms with Crippen LogP contribution in [-0.4, -0.2) is 47.9 Å². The fourth-order valence-electron chi connectivity index (χ4n) is 2.63. The Morgan fingerprint density at radius 1 is 1.36 bits per heavy atom. The molecule has 0 bridgehead atoms. The third-order valence-electron chi connectivity index (χ3n) is 3.48. The lowest BCUT2D eigenvalue weighted by atomic mass is 10.0. The highest BCUT2D eigenvalue weighted by Gasteiger charge is 2.30. The summed E-state index contributed by atoms with van der Waals surface area (Å²) in [5, 5.41) is 0. The number of amides is 1. The molecule has 0 N–H and O–H groups in total. The maximum Gasteiger partial charge on any atom is 0.222 e. The smallest absolute Gasteiger partial charge is 0.222 e. The minimum Gasteiger partial charge on any atom is -0.338 e. The van der Waals surface area contributed by atoms with Crippen molar-refractivity contribution in [3.8, 4) is 0 Å². The molecule has 3 nitrogen and oxygen atoms in total. The number of nitrogens with zero attached hydrogens (tertiary/aromatic N) is 2. The van der Waals surface area contributed by atoms with Gasteiger partial charge in [-0.1, -0.05) is 6.92 Å². The van der Waals surface area contributed by atoms with Gasteiger partial charge in [0.2, 0.25) is 5.91 Å². The predicted molar refractivity (Wildman–Crippen MR) is 56.1 cm³/mol. The van der Waals surface area contributed by atoms with E-state index in [1.165, 1.54) is 19.4 Å². The maximum atomic E-state index is 11.6. The minimum atomic E-state index is 0.382. The van der Waals surface area contributed by atoms with Gasteiger partial charge in [0.05, 0.1) is 0 Å². The Balaban J connectivity index is 1.93. The molecule has 14 heavy (non-hydrogen) atoms. The number of hydrogen-bond donors (Lipinski definition) is 0. The van der Waals surface area contributed by atoms with Crippen molar-refractivity contribution in [3.63, 3.8) is 0 Å². The van der Waals surface area contributed by atoms with Crippen LogP contribution in [0.1, 0.15) is 32.6 Å². The molecule has 2 fully saturated rings. The Hall–Kier alpha value is -0.570. The first-order valence-electron chi connectivity index (χ1n) is 5.83. The van der Waals surface area contributed by atoms with Crippen molar-refractivity contribution in [2.24, 2.45) is 0 Å². The van der Waals surface area contributed by atoms with E-state index >= 15 is 0 Å². The Labute approximate surface area is 86.1 Å². The molecule has 0 unspecified atom stereocenters. The van der Waals surface area contributed by atoms with Crippen LogP contribution in [0.4, 0.5) is 0 Å². The third kappa shape index (κ3) is 1.92. The molecule has 3 heteroatoms. The lowest BCUT2D eigenvalue weighted by Crippen LogP contribution is -2.48. The number of carbonyl (C=O) groups excluding carboxylic acids is 1. The average Bonchev–Trinajstić information content (AvgIpc) is 2.65. The molecule has 2 rings (SSSR count). The minimum absolute atomic E-state index is 0.382. The van der Waals surface area contributed by atoms with Gasteiger partial charge in [0.15, 0.2) is 0 Å². The van der Waals surface area contributed by atoms with Gasteiger partial charge in [-0.3, -0.25) is 4.79 Å². The quantitative estimate of drug-likeness (QED) is 0.660. The molecule has 80 valence electrons. The second-order valence-electron chi connectivity index (χ2n) is 4.38. The Morgan fingerprint density at radius 2 is 2.21 bits per heavy atom. The SMILES string of the molecule is CCN1CCC[C@H](N2CCCC2=O)C1. The van der Waals surface area contributed by atoms with E-state index in [2.05, 4.69) is 16.7 Å². The molecule has 0 spiro atoms. The molecule has 0 aromatic rings. The first-order chi connectivity index (χ1) is 6.81. The topological polar surface area (TPSA) is 23.6 Å². The van der Waals surface area contributed by atoms with Crippen LogP contribution in [0.15, 0.2) is 0 Å². The summed E-state index contributed by atoms with van der Waals surface area (Å²) in [6, 6.07) is 0.513. The number of carbonyl (C=O) groups is 1. The van der Waals surface area contributed by atoms with Gasteiger partial charge in [-0.05, 0) is 32.4 Å². The average molecular weight is 196 g/mol. The summed E-state index contributed by atoms with van der Waals surface area (Å²) in [7, 11) is 0. The highest BCUT2D eigenvalue weighted by molar-refractivity contribution is 5.78. The zero-order valence-corrected chi connectivity index (χ0v) is 9.04. The van der Waals surface area contributed by atoms with Crippen LogP contribution < -0.4 is 0 Å². The fraction of sp³-hybridized carbons (Fsp3) is 0.909. The fourth-order valence-corrected chi connectivity index (χ4v) is 2.63. The standard InChI is InChI=1S/C11H20N2O/c1-2-12-7-3-5-10(9-12)13-8-4-6-11(13)14/h10H,2-9H2,1H3/t10-/m0/s1. The van der Waals surface area contributed by atoms with E-state index in [1.54, 1.807) is 0 Å². The first-order valence-corrected chi connectivity index (χ1v) is 5.83. The van der Waals surface area contributed by atoms with Crippen LogP contribution in [0.3, 0.4) is 0 Å². The highest BCUT2D eigenvalue weighted by Crippen LogP contribution is 2.20. The van der Waals surface area contributed by atoms with Crippen LogP contribution >= 0.6 is 0 Å². The lowest BCUT2D eigenvalue weighted by molar-refractivity contribution is -0.130. The van der Waals surface area contributed by atoms with Crippen LogP contribution in [0.2, 0.25) is 0 Å². The number of likely N-dealkylation sites (tertiary alicyclic amines) is 2. The molecule has 0 aliphatic carbocycles. The molecule has 0 radical (unpaired) electrons. The summed E-state index contributed by atoms with van der Waals surface area (Å²) < 4.78 is 0. The highest BCUT2D eigenvalue weighted by atomic mass is 16.2. The largest absolute Gasteiger partial charge is 0.338 e. The van der Waals surface area contributed by atoms with E-state index in [0.29, 0.717) is 11.9 Å². The summed E-state index contributed by atoms with van der Waals surface area (Å²) in [6.45, 7) is 6.64. The van der Waals surface area contributed by atoms with Gasteiger partial charge in [0.1, 0.15) is 0 Å². The molecule has 2 aliphatic rings. The normalized spacial score (nSPS) is 29.9. The number of rotatable bonds is 2. The Morgan fingerprint density at radius 3 is 2.86 bits per heavy atom. The molecule has 0 saturated carbocycles. The summed E-state index contributed by atoms with van der Waals surface area (Å²) in [5.41, 5.74) is 0. The molecular weight excluding hydrogens is 176 g/mol. The molecule has 2 aliphatic heterocycles. The van der Waals surface area contributed by atoms with Crippen LogP contribution in [0.25, 0.3) is 0 Å². The second kappa shape index (κ2) is 4.30. The molecule has 2 saturated heterocycles. The van der Waals surface area contributed by atoms with E-state index in [9.17, 15) is 4.79 Å². The monoisotopic (exact) mass is 196 g/mol. The second-order valence-corrected chi connectivity index (χ2v) is 4.38. The van der Waals surface area contributed by atoms with Gasteiger partial charge in [0, 0.05) is 25.6 Å². The summed E-state index contributed by atoms with van der Waals surface area (Å²) >= 11 is 0. The van der Waals surface area contributed by atoms with Gasteiger partial charge in [-0.25, -0.2) is 0 Å². The van der Waals surface area contributed by atoms with Crippen molar-refractivity contribution >= 4 is 5.91 Å². The predicted octanol–water partition coefficient (Wildman–Crippen LogP) is 1.09. The summed E-state index contributed by atoms with van der Waals surface area (Å²) in [6.07, 6.45) is 4.31. The third-order valence-corrected chi connectivity index (χ3v) is 3.48. The first kappa shape index (κ1) is 9.97. The van der Waals surface area contributed by atoms with Gasteiger partial charge in [-0.2, -0.15) is 0 Å². The van der Waals surface area contributed by atoms with E-state index in [1.807, 2.05) is 0 Å². The Bertz CT molecular complexity index is 217. The summed E-state index contributed by atoms with van der Waals surface area (Å²) in [4.78, 5) is 16.1.